The predicted octanol–water partition coefficient (Wildman–Crippen LogP) is 1.14. The van der Waals surface area contributed by atoms with Crippen LogP contribution >= 0.6 is 0 Å². The van der Waals surface area contributed by atoms with E-state index in [-0.39, 0.29) is 30.3 Å². The minimum absolute atomic E-state index is 0. The maximum atomic E-state index is 12.7. The van der Waals surface area contributed by atoms with Crippen LogP contribution in [0.2, 0.25) is 0 Å². The molecule has 0 fully saturated rings. The summed E-state index contributed by atoms with van der Waals surface area (Å²) in [6.45, 7) is 8.02. The molecule has 0 N–H and O–H groups in total. The van der Waals surface area contributed by atoms with E-state index in [9.17, 15) is 4.79 Å². The summed E-state index contributed by atoms with van der Waals surface area (Å²) in [6.07, 6.45) is 0. The number of hydrogen-bond acceptors (Lipinski definition) is 1. The molecule has 0 aliphatic rings. The van der Waals surface area contributed by atoms with Gasteiger partial charge in [0.05, 0.1) is 0 Å². The Labute approximate surface area is 139 Å². The first-order valence-electron chi connectivity index (χ1n) is 6.77. The Morgan fingerprint density at radius 3 is 1.86 bits per heavy atom. The van der Waals surface area contributed by atoms with Crippen LogP contribution in [0.1, 0.15) is 36.7 Å². The molecule has 0 saturated carbocycles. The molecule has 0 atom stereocenters. The fourth-order valence-corrected chi connectivity index (χ4v) is 1.96. The average Bonchev–Trinajstić information content (AvgIpc) is 2.45. The maximum absolute atomic E-state index is 12.7. The molecule has 0 spiro atoms. The number of amides is 1. The van der Waals surface area contributed by atoms with Crippen molar-refractivity contribution in [3.63, 3.8) is 0 Å². The van der Waals surface area contributed by atoms with Gasteiger partial charge in [0.15, 0.2) is 0 Å². The topological polar surface area (TPSA) is 20.3 Å². The molecule has 0 heterocycles. The minimum Gasteiger partial charge on any atom is -0.363 e. The fraction of sp³-hybridized carbons (Fsp3) is 0.222. The van der Waals surface area contributed by atoms with Crippen LogP contribution in [0.4, 0.5) is 0 Å². The first kappa shape index (κ1) is 17.4. The van der Waals surface area contributed by atoms with Gasteiger partial charge in [0.1, 0.15) is 0 Å². The summed E-state index contributed by atoms with van der Waals surface area (Å²) in [5.41, 5.74) is 1.45. The molecule has 1 amide bonds. The zero-order chi connectivity index (χ0) is 14.6. The second-order valence-corrected chi connectivity index (χ2v) is 5.75. The van der Waals surface area contributed by atoms with E-state index in [2.05, 4.69) is 0 Å². The van der Waals surface area contributed by atoms with Gasteiger partial charge < -0.3 is 4.90 Å². The molecule has 3 heteroatoms. The normalized spacial score (nSPS) is 10.4. The van der Waals surface area contributed by atoms with Gasteiger partial charge in [-0.2, -0.15) is 17.7 Å². The van der Waals surface area contributed by atoms with Gasteiger partial charge in [-0.05, 0) is 32.9 Å². The van der Waals surface area contributed by atoms with Crippen molar-refractivity contribution < 1.29 is 23.7 Å². The average molecular weight is 273 g/mol. The van der Waals surface area contributed by atoms with E-state index in [1.54, 1.807) is 4.90 Å². The van der Waals surface area contributed by atoms with Crippen molar-refractivity contribution in [2.24, 2.45) is 0 Å². The van der Waals surface area contributed by atoms with Crippen LogP contribution in [0.3, 0.4) is 0 Å². The molecular weight excluding hydrogens is 253 g/mol. The van der Waals surface area contributed by atoms with Gasteiger partial charge in [-0.15, -0.1) is 12.1 Å². The van der Waals surface area contributed by atoms with Gasteiger partial charge in [0.2, 0.25) is 5.91 Å². The molecule has 2 aromatic carbocycles. The van der Waals surface area contributed by atoms with Crippen LogP contribution in [-0.4, -0.2) is 16.3 Å². The van der Waals surface area contributed by atoms with Crippen LogP contribution in [0.25, 0.3) is 0 Å². The summed E-state index contributed by atoms with van der Waals surface area (Å²) in [6, 6.07) is 19.3. The molecule has 0 unspecified atom stereocenters. The monoisotopic (exact) mass is 273 g/mol. The molecule has 0 aliphatic heterocycles. The van der Waals surface area contributed by atoms with Crippen molar-refractivity contribution >= 4 is 5.91 Å². The molecule has 0 radical (unpaired) electrons. The van der Waals surface area contributed by atoms with Gasteiger partial charge in [0.25, 0.3) is 0 Å². The number of carbonyl (C=O) groups is 1. The Balaban J connectivity index is 0.00000220. The van der Waals surface area contributed by atoms with Crippen LogP contribution in [0.15, 0.2) is 60.7 Å². The van der Waals surface area contributed by atoms with Crippen LogP contribution in [0.5, 0.6) is 0 Å². The van der Waals surface area contributed by atoms with Crippen molar-refractivity contribution in [2.75, 3.05) is 0 Å². The summed E-state index contributed by atoms with van der Waals surface area (Å²) in [5.74, 6) is 0.0157. The number of carbonyl (C=O) groups excluding carboxylic acids is 1. The second kappa shape index (κ2) is 7.40. The van der Waals surface area contributed by atoms with E-state index in [0.29, 0.717) is 5.56 Å². The van der Waals surface area contributed by atoms with Gasteiger partial charge in [-0.1, -0.05) is 30.8 Å². The van der Waals surface area contributed by atoms with E-state index in [1.165, 1.54) is 0 Å². The third kappa shape index (κ3) is 4.70. The van der Waals surface area contributed by atoms with Crippen molar-refractivity contribution in [3.8, 4) is 0 Å². The molecule has 2 rings (SSSR count). The largest absolute Gasteiger partial charge is 1.00 e. The first-order chi connectivity index (χ1) is 9.48. The van der Waals surface area contributed by atoms with Crippen molar-refractivity contribution in [3.05, 3.63) is 78.3 Å². The molecule has 0 aliphatic carbocycles. The fourth-order valence-electron chi connectivity index (χ4n) is 1.96. The first-order valence-corrected chi connectivity index (χ1v) is 6.77. The Hall–Kier alpha value is -1.62. The number of benzene rings is 2. The molecule has 0 aromatic heterocycles. The van der Waals surface area contributed by atoms with E-state index in [4.69, 9.17) is 0 Å². The number of nitrogens with zero attached hydrogens (tertiary/aromatic N) is 1. The molecule has 2 nitrogen and oxygen atoms in total. The number of hydrogen-bond donors (Lipinski definition) is 0. The maximum Gasteiger partial charge on any atom is 1.00 e. The third-order valence-electron chi connectivity index (χ3n) is 3.04. The van der Waals surface area contributed by atoms with Crippen LogP contribution in [0, 0.1) is 6.54 Å². The van der Waals surface area contributed by atoms with E-state index < -0.39 is 0 Å². The number of rotatable bonds is 3. The molecule has 2 aromatic rings. The predicted molar refractivity (Wildman–Crippen MR) is 82.2 cm³/mol. The van der Waals surface area contributed by atoms with Gasteiger partial charge in [-0.25, -0.2) is 0 Å². The zero-order valence-corrected chi connectivity index (χ0v) is 13.2. The molecule has 104 valence electrons. The summed E-state index contributed by atoms with van der Waals surface area (Å²) in [7, 11) is 0. The van der Waals surface area contributed by atoms with Crippen molar-refractivity contribution in [1.29, 1.82) is 0 Å². The molecule has 0 saturated heterocycles. The minimum atomic E-state index is -0.275. The van der Waals surface area contributed by atoms with Crippen LogP contribution < -0.4 is 18.9 Å². The zero-order valence-electron chi connectivity index (χ0n) is 13.2. The summed E-state index contributed by atoms with van der Waals surface area (Å²) >= 11 is 0. The van der Waals surface area contributed by atoms with E-state index >= 15 is 0 Å². The molecular formula is C18H20LiNO. The van der Waals surface area contributed by atoms with Crippen molar-refractivity contribution in [2.45, 2.75) is 26.3 Å². The SMILES string of the molecule is CC(C)(C)N([CH-]c1ccccc1)C(=O)c1ccccc1.[Li+]. The third-order valence-corrected chi connectivity index (χ3v) is 3.04. The summed E-state index contributed by atoms with van der Waals surface area (Å²) in [4.78, 5) is 14.5. The standard InChI is InChI=1S/C18H20NO.Li/c1-18(2,3)19(14-15-10-6-4-7-11-15)17(20)16-12-8-5-9-13-16;/h4-14H,1-3H3;/q-1;+1. The van der Waals surface area contributed by atoms with Crippen LogP contribution in [-0.2, 0) is 0 Å². The Kier molecular flexibility index (Phi) is 6.15. The Morgan fingerprint density at radius 2 is 1.38 bits per heavy atom. The Bertz CT molecular complexity index is 561. The summed E-state index contributed by atoms with van der Waals surface area (Å²) in [5, 5.41) is 0. The second-order valence-electron chi connectivity index (χ2n) is 5.75. The van der Waals surface area contributed by atoms with Gasteiger partial charge >= 0.3 is 18.9 Å². The Morgan fingerprint density at radius 1 is 0.905 bits per heavy atom. The van der Waals surface area contributed by atoms with Gasteiger partial charge in [-0.3, -0.25) is 4.79 Å². The smallest absolute Gasteiger partial charge is 0.363 e. The van der Waals surface area contributed by atoms with E-state index in [1.807, 2.05) is 88.0 Å². The summed E-state index contributed by atoms with van der Waals surface area (Å²) < 4.78 is 0. The van der Waals surface area contributed by atoms with Crippen molar-refractivity contribution in [1.82, 2.24) is 4.90 Å². The van der Waals surface area contributed by atoms with Gasteiger partial charge in [0, 0.05) is 11.1 Å². The molecule has 0 bridgehead atoms. The quantitative estimate of drug-likeness (QED) is 0.606. The molecule has 21 heavy (non-hydrogen) atoms. The van der Waals surface area contributed by atoms with E-state index in [0.717, 1.165) is 5.56 Å².